The summed E-state index contributed by atoms with van der Waals surface area (Å²) in [5.74, 6) is 2.04. The fourth-order valence-corrected chi connectivity index (χ4v) is 2.41. The van der Waals surface area contributed by atoms with Gasteiger partial charge in [0.25, 0.3) is 0 Å². The van der Waals surface area contributed by atoms with Crippen molar-refractivity contribution in [1.29, 1.82) is 0 Å². The molecule has 0 saturated carbocycles. The lowest BCUT2D eigenvalue weighted by Crippen LogP contribution is -2.18. The van der Waals surface area contributed by atoms with Crippen LogP contribution >= 0.6 is 0 Å². The van der Waals surface area contributed by atoms with E-state index in [-0.39, 0.29) is 17.7 Å². The van der Waals surface area contributed by atoms with Gasteiger partial charge in [0.15, 0.2) is 11.5 Å². The monoisotopic (exact) mass is 359 g/mol. The van der Waals surface area contributed by atoms with Gasteiger partial charge >= 0.3 is 0 Å². The summed E-state index contributed by atoms with van der Waals surface area (Å²) in [6.07, 6.45) is 3.37. The molecule has 7 nitrogen and oxygen atoms in total. The third kappa shape index (κ3) is 4.62. The maximum Gasteiger partial charge on any atom is 0.228 e. The van der Waals surface area contributed by atoms with Gasteiger partial charge < -0.3 is 19.5 Å². The minimum Gasteiger partial charge on any atom is -0.493 e. The second kappa shape index (κ2) is 8.03. The maximum atomic E-state index is 12.3. The summed E-state index contributed by atoms with van der Waals surface area (Å²) in [7, 11) is 4.61. The number of amides is 1. The molecule has 0 unspecified atom stereocenters. The first-order valence-electron chi connectivity index (χ1n) is 8.19. The fraction of sp³-hybridized carbons (Fsp3) is 0.421. The Labute approximate surface area is 153 Å². The van der Waals surface area contributed by atoms with Crippen molar-refractivity contribution < 1.29 is 19.0 Å². The van der Waals surface area contributed by atoms with Gasteiger partial charge in [-0.05, 0) is 17.7 Å². The number of hydrogen-bond acceptors (Lipinski definition) is 6. The van der Waals surface area contributed by atoms with E-state index in [2.05, 4.69) is 15.3 Å². The SMILES string of the molecule is COc1cc(CC(=O)Nc2cnc(C(C)(C)C)nc2)cc(OC)c1OC. The van der Waals surface area contributed by atoms with Gasteiger partial charge in [0, 0.05) is 5.41 Å². The molecular weight excluding hydrogens is 334 g/mol. The van der Waals surface area contributed by atoms with E-state index in [0.29, 0.717) is 22.9 Å². The molecule has 140 valence electrons. The summed E-state index contributed by atoms with van der Waals surface area (Å²) in [5.41, 5.74) is 1.15. The largest absolute Gasteiger partial charge is 0.493 e. The molecule has 0 aliphatic heterocycles. The van der Waals surface area contributed by atoms with Crippen molar-refractivity contribution in [3.8, 4) is 17.2 Å². The molecule has 0 radical (unpaired) electrons. The summed E-state index contributed by atoms with van der Waals surface area (Å²) < 4.78 is 15.9. The van der Waals surface area contributed by atoms with Crippen molar-refractivity contribution in [2.75, 3.05) is 26.6 Å². The first-order chi connectivity index (χ1) is 12.3. The van der Waals surface area contributed by atoms with Gasteiger partial charge in [0.05, 0.1) is 45.8 Å². The van der Waals surface area contributed by atoms with E-state index in [1.807, 2.05) is 20.8 Å². The highest BCUT2D eigenvalue weighted by molar-refractivity contribution is 5.92. The Kier molecular flexibility index (Phi) is 6.02. The predicted molar refractivity (Wildman–Crippen MR) is 99.2 cm³/mol. The maximum absolute atomic E-state index is 12.3. The van der Waals surface area contributed by atoms with Crippen molar-refractivity contribution in [2.45, 2.75) is 32.6 Å². The number of anilines is 1. The highest BCUT2D eigenvalue weighted by Gasteiger charge is 2.18. The molecule has 2 rings (SSSR count). The Hall–Kier alpha value is -2.83. The van der Waals surface area contributed by atoms with E-state index in [0.717, 1.165) is 11.4 Å². The molecule has 0 bridgehead atoms. The van der Waals surface area contributed by atoms with Crippen LogP contribution in [0.5, 0.6) is 17.2 Å². The number of ether oxygens (including phenoxy) is 3. The van der Waals surface area contributed by atoms with Gasteiger partial charge in [-0.25, -0.2) is 9.97 Å². The molecule has 2 aromatic rings. The molecule has 0 aliphatic carbocycles. The molecule has 1 amide bonds. The zero-order valence-corrected chi connectivity index (χ0v) is 16.0. The van der Waals surface area contributed by atoms with Crippen LogP contribution in [0.1, 0.15) is 32.2 Å². The minimum absolute atomic E-state index is 0.140. The van der Waals surface area contributed by atoms with Crippen LogP contribution in [-0.2, 0) is 16.6 Å². The second-order valence-corrected chi connectivity index (χ2v) is 6.80. The molecule has 1 heterocycles. The Morgan fingerprint density at radius 2 is 1.54 bits per heavy atom. The zero-order valence-electron chi connectivity index (χ0n) is 16.0. The second-order valence-electron chi connectivity index (χ2n) is 6.80. The topological polar surface area (TPSA) is 82.6 Å². The highest BCUT2D eigenvalue weighted by atomic mass is 16.5. The minimum atomic E-state index is -0.189. The first kappa shape index (κ1) is 19.5. The average Bonchev–Trinajstić information content (AvgIpc) is 2.60. The summed E-state index contributed by atoms with van der Waals surface area (Å²) in [4.78, 5) is 20.9. The number of aromatic nitrogens is 2. The molecule has 0 saturated heterocycles. The number of hydrogen-bond donors (Lipinski definition) is 1. The Morgan fingerprint density at radius 3 is 1.96 bits per heavy atom. The van der Waals surface area contributed by atoms with Crippen LogP contribution in [0, 0.1) is 0 Å². The number of methoxy groups -OCH3 is 3. The molecular formula is C19H25N3O4. The lowest BCUT2D eigenvalue weighted by Gasteiger charge is -2.16. The molecule has 1 aromatic carbocycles. The van der Waals surface area contributed by atoms with Gasteiger partial charge in [-0.3, -0.25) is 4.79 Å². The lowest BCUT2D eigenvalue weighted by molar-refractivity contribution is -0.115. The van der Waals surface area contributed by atoms with Gasteiger partial charge in [0.2, 0.25) is 11.7 Å². The van der Waals surface area contributed by atoms with Crippen LogP contribution < -0.4 is 19.5 Å². The van der Waals surface area contributed by atoms with E-state index in [4.69, 9.17) is 14.2 Å². The number of carbonyl (C=O) groups is 1. The van der Waals surface area contributed by atoms with Crippen molar-refractivity contribution in [3.63, 3.8) is 0 Å². The van der Waals surface area contributed by atoms with Crippen LogP contribution in [0.25, 0.3) is 0 Å². The van der Waals surface area contributed by atoms with Gasteiger partial charge in [-0.15, -0.1) is 0 Å². The van der Waals surface area contributed by atoms with Crippen LogP contribution in [0.15, 0.2) is 24.5 Å². The van der Waals surface area contributed by atoms with E-state index in [1.54, 1.807) is 24.5 Å². The van der Waals surface area contributed by atoms with Crippen molar-refractivity contribution in [3.05, 3.63) is 35.9 Å². The molecule has 26 heavy (non-hydrogen) atoms. The fourth-order valence-electron chi connectivity index (χ4n) is 2.41. The highest BCUT2D eigenvalue weighted by Crippen LogP contribution is 2.38. The third-order valence-corrected chi connectivity index (χ3v) is 3.70. The Morgan fingerprint density at radius 1 is 1.00 bits per heavy atom. The lowest BCUT2D eigenvalue weighted by atomic mass is 9.96. The molecule has 1 N–H and O–H groups in total. The van der Waals surface area contributed by atoms with Crippen molar-refractivity contribution in [1.82, 2.24) is 9.97 Å². The van der Waals surface area contributed by atoms with Crippen LogP contribution in [0.2, 0.25) is 0 Å². The van der Waals surface area contributed by atoms with Crippen LogP contribution in [0.4, 0.5) is 5.69 Å². The summed E-state index contributed by atoms with van der Waals surface area (Å²) in [5, 5.41) is 2.80. The number of benzene rings is 1. The predicted octanol–water partition coefficient (Wildman–Crippen LogP) is 2.98. The normalized spacial score (nSPS) is 11.0. The molecule has 0 fully saturated rings. The number of rotatable bonds is 6. The molecule has 0 aliphatic rings. The molecule has 0 spiro atoms. The number of nitrogens with zero attached hydrogens (tertiary/aromatic N) is 2. The van der Waals surface area contributed by atoms with Crippen molar-refractivity contribution in [2.24, 2.45) is 0 Å². The van der Waals surface area contributed by atoms with E-state index >= 15 is 0 Å². The van der Waals surface area contributed by atoms with Crippen molar-refractivity contribution >= 4 is 11.6 Å². The van der Waals surface area contributed by atoms with Crippen LogP contribution in [-0.4, -0.2) is 37.2 Å². The van der Waals surface area contributed by atoms with Gasteiger partial charge in [-0.2, -0.15) is 0 Å². The third-order valence-electron chi connectivity index (χ3n) is 3.70. The summed E-state index contributed by atoms with van der Waals surface area (Å²) in [6, 6.07) is 3.50. The summed E-state index contributed by atoms with van der Waals surface area (Å²) in [6.45, 7) is 6.10. The standard InChI is InChI=1S/C19H25N3O4/c1-19(2,3)18-20-10-13(11-21-18)22-16(23)9-12-7-14(24-4)17(26-6)15(8-12)25-5/h7-8,10-11H,9H2,1-6H3,(H,22,23). The molecule has 7 heteroatoms. The molecule has 1 aromatic heterocycles. The van der Waals surface area contributed by atoms with E-state index < -0.39 is 0 Å². The zero-order chi connectivity index (χ0) is 19.3. The Bertz CT molecular complexity index is 742. The average molecular weight is 359 g/mol. The quantitative estimate of drug-likeness (QED) is 0.854. The smallest absolute Gasteiger partial charge is 0.228 e. The summed E-state index contributed by atoms with van der Waals surface area (Å²) >= 11 is 0. The van der Waals surface area contributed by atoms with Crippen LogP contribution in [0.3, 0.4) is 0 Å². The van der Waals surface area contributed by atoms with E-state index in [1.165, 1.54) is 21.3 Å². The molecule has 0 atom stereocenters. The van der Waals surface area contributed by atoms with E-state index in [9.17, 15) is 4.79 Å². The number of nitrogens with one attached hydrogen (secondary N) is 1. The van der Waals surface area contributed by atoms with Gasteiger partial charge in [0.1, 0.15) is 5.82 Å². The number of carbonyl (C=O) groups excluding carboxylic acids is 1. The van der Waals surface area contributed by atoms with Gasteiger partial charge in [-0.1, -0.05) is 20.8 Å². The first-order valence-corrected chi connectivity index (χ1v) is 8.19. The Balaban J connectivity index is 2.12.